The smallest absolute Gasteiger partial charge is 0.342 e. The van der Waals surface area contributed by atoms with Crippen LogP contribution in [-0.4, -0.2) is 74.1 Å². The lowest BCUT2D eigenvalue weighted by molar-refractivity contribution is -0.147. The molecule has 5 rings (SSSR count). The standard InChI is InChI=1S/C33H42N7O9P/c1-20(29(41)46-17-23-12-8-6-9-13-23)38-50(44,39-21(2)30(42)47-18-24-14-10-7-11-15-24)48-19-25-16-33(4,43)31(49-25)40-22(3)35-26-27(40)36-32(34)37-28(26)45-5/h6-15,20-21,25,31,43H,16-19H2,1-5H3,(H2,34,36,37)(H2,38,39,44). The van der Waals surface area contributed by atoms with Crippen LogP contribution in [0.15, 0.2) is 60.7 Å². The molecule has 1 aliphatic rings. The molecule has 2 aromatic carbocycles. The lowest BCUT2D eigenvalue weighted by Gasteiger charge is -2.27. The van der Waals surface area contributed by atoms with Gasteiger partial charge in [0.1, 0.15) is 36.7 Å². The number of hydrogen-bond donors (Lipinski definition) is 4. The zero-order valence-electron chi connectivity index (χ0n) is 28.4. The molecule has 17 heteroatoms. The van der Waals surface area contributed by atoms with Crippen LogP contribution in [-0.2, 0) is 46.1 Å². The van der Waals surface area contributed by atoms with Crippen LogP contribution in [0.5, 0.6) is 5.88 Å². The van der Waals surface area contributed by atoms with Crippen molar-refractivity contribution in [3.8, 4) is 5.88 Å². The van der Waals surface area contributed by atoms with Crippen LogP contribution >= 0.6 is 7.67 Å². The summed E-state index contributed by atoms with van der Waals surface area (Å²) < 4.78 is 44.2. The van der Waals surface area contributed by atoms with Gasteiger partial charge in [0.15, 0.2) is 17.4 Å². The molecule has 50 heavy (non-hydrogen) atoms. The minimum atomic E-state index is -4.21. The first-order valence-corrected chi connectivity index (χ1v) is 17.6. The molecule has 3 heterocycles. The molecule has 1 saturated heterocycles. The van der Waals surface area contributed by atoms with E-state index in [4.69, 9.17) is 29.2 Å². The quantitative estimate of drug-likeness (QED) is 0.103. The highest BCUT2D eigenvalue weighted by molar-refractivity contribution is 7.54. The lowest BCUT2D eigenvalue weighted by Crippen LogP contribution is -2.42. The molecule has 0 bridgehead atoms. The van der Waals surface area contributed by atoms with Crippen LogP contribution in [0.2, 0.25) is 0 Å². The summed E-state index contributed by atoms with van der Waals surface area (Å²) >= 11 is 0. The molecule has 0 aliphatic carbocycles. The Hall–Kier alpha value is -4.44. The number of nitrogens with one attached hydrogen (secondary N) is 2. The van der Waals surface area contributed by atoms with Crippen LogP contribution in [0.4, 0.5) is 5.95 Å². The number of nitrogens with two attached hydrogens (primary N) is 1. The van der Waals surface area contributed by atoms with E-state index in [-0.39, 0.29) is 38.1 Å². The number of anilines is 1. The maximum atomic E-state index is 14.3. The fourth-order valence-corrected chi connectivity index (χ4v) is 7.33. The summed E-state index contributed by atoms with van der Waals surface area (Å²) in [6.45, 7) is 5.91. The van der Waals surface area contributed by atoms with Crippen LogP contribution in [0.3, 0.4) is 0 Å². The molecule has 16 nitrogen and oxygen atoms in total. The third-order valence-electron chi connectivity index (χ3n) is 7.95. The largest absolute Gasteiger partial charge is 0.479 e. The van der Waals surface area contributed by atoms with Gasteiger partial charge in [0, 0.05) is 6.42 Å². The van der Waals surface area contributed by atoms with Crippen molar-refractivity contribution in [2.75, 3.05) is 19.5 Å². The first-order chi connectivity index (χ1) is 23.8. The molecular formula is C33H42N7O9P. The molecule has 0 saturated carbocycles. The highest BCUT2D eigenvalue weighted by Gasteiger charge is 2.47. The lowest BCUT2D eigenvalue weighted by atomic mass is 10.0. The predicted molar refractivity (Wildman–Crippen MR) is 181 cm³/mol. The van der Waals surface area contributed by atoms with Crippen molar-refractivity contribution in [2.45, 2.75) is 77.3 Å². The summed E-state index contributed by atoms with van der Waals surface area (Å²) in [7, 11) is -2.78. The number of aliphatic hydroxyl groups is 1. The Morgan fingerprint density at radius 2 is 1.54 bits per heavy atom. The second-order valence-corrected chi connectivity index (χ2v) is 14.1. The van der Waals surface area contributed by atoms with Gasteiger partial charge in [0.25, 0.3) is 0 Å². The van der Waals surface area contributed by atoms with Crippen molar-refractivity contribution in [3.05, 3.63) is 77.6 Å². The van der Waals surface area contributed by atoms with Crippen molar-refractivity contribution in [1.29, 1.82) is 0 Å². The molecule has 5 N–H and O–H groups in total. The van der Waals surface area contributed by atoms with Crippen LogP contribution in [0, 0.1) is 6.92 Å². The van der Waals surface area contributed by atoms with Gasteiger partial charge in [-0.3, -0.25) is 18.7 Å². The van der Waals surface area contributed by atoms with Crippen LogP contribution in [0.25, 0.3) is 11.2 Å². The third-order valence-corrected chi connectivity index (χ3v) is 9.92. The summed E-state index contributed by atoms with van der Waals surface area (Å²) in [6, 6.07) is 15.9. The number of rotatable bonds is 15. The van der Waals surface area contributed by atoms with E-state index in [9.17, 15) is 19.3 Å². The van der Waals surface area contributed by atoms with Crippen molar-refractivity contribution in [1.82, 2.24) is 29.7 Å². The van der Waals surface area contributed by atoms with Gasteiger partial charge in [0.05, 0.1) is 19.8 Å². The molecule has 0 spiro atoms. The fraction of sp³-hybridized carbons (Fsp3) is 0.424. The number of esters is 2. The minimum Gasteiger partial charge on any atom is -0.479 e. The van der Waals surface area contributed by atoms with Gasteiger partial charge in [-0.2, -0.15) is 9.97 Å². The summed E-state index contributed by atoms with van der Waals surface area (Å²) in [5, 5.41) is 16.9. The Morgan fingerprint density at radius 3 is 2.06 bits per heavy atom. The number of fused-ring (bicyclic) bond motifs is 1. The Labute approximate surface area is 289 Å². The van der Waals surface area contributed by atoms with Gasteiger partial charge in [-0.1, -0.05) is 60.7 Å². The molecule has 268 valence electrons. The number of nitrogen functional groups attached to an aromatic ring is 1. The predicted octanol–water partition coefficient (Wildman–Crippen LogP) is 3.33. The molecule has 0 amide bonds. The van der Waals surface area contributed by atoms with Gasteiger partial charge in [0.2, 0.25) is 11.8 Å². The Morgan fingerprint density at radius 1 is 1.00 bits per heavy atom. The van der Waals surface area contributed by atoms with Crippen LogP contribution in [0.1, 0.15) is 50.4 Å². The summed E-state index contributed by atoms with van der Waals surface area (Å²) in [4.78, 5) is 38.7. The normalized spacial score (nSPS) is 21.3. The van der Waals surface area contributed by atoms with Crippen molar-refractivity contribution >= 4 is 36.7 Å². The second-order valence-electron chi connectivity index (χ2n) is 12.2. The number of nitrogens with zero attached hydrogens (tertiary/aromatic N) is 4. The summed E-state index contributed by atoms with van der Waals surface area (Å²) in [5.41, 5.74) is 6.61. The van der Waals surface area contributed by atoms with Crippen molar-refractivity contribution < 1.29 is 42.7 Å². The second kappa shape index (κ2) is 15.6. The number of aryl methyl sites for hydroxylation is 1. The molecule has 1 fully saturated rings. The highest BCUT2D eigenvalue weighted by atomic mass is 31.2. The number of aromatic nitrogens is 4. The van der Waals surface area contributed by atoms with E-state index < -0.39 is 49.6 Å². The number of ether oxygens (including phenoxy) is 4. The third kappa shape index (κ3) is 8.82. The van der Waals surface area contributed by atoms with E-state index in [2.05, 4.69) is 25.1 Å². The van der Waals surface area contributed by atoms with E-state index in [1.807, 2.05) is 36.4 Å². The first-order valence-electron chi connectivity index (χ1n) is 15.9. The summed E-state index contributed by atoms with van der Waals surface area (Å²) in [6.07, 6.45) is -1.75. The molecule has 2 aromatic heterocycles. The number of methoxy groups -OCH3 is 1. The highest BCUT2D eigenvalue weighted by Crippen LogP contribution is 2.44. The Bertz CT molecular complexity index is 1770. The van der Waals surface area contributed by atoms with E-state index >= 15 is 0 Å². The van der Waals surface area contributed by atoms with Gasteiger partial charge < -0.3 is 34.3 Å². The van der Waals surface area contributed by atoms with Gasteiger partial charge in [-0.05, 0) is 38.8 Å². The number of benzene rings is 2. The van der Waals surface area contributed by atoms with Crippen LogP contribution < -0.4 is 20.6 Å². The summed E-state index contributed by atoms with van der Waals surface area (Å²) in [5.74, 6) is -0.836. The number of hydrogen-bond acceptors (Lipinski definition) is 13. The van der Waals surface area contributed by atoms with Crippen molar-refractivity contribution in [3.63, 3.8) is 0 Å². The average Bonchev–Trinajstić information content (AvgIpc) is 3.58. The van der Waals surface area contributed by atoms with E-state index in [0.717, 1.165) is 11.1 Å². The average molecular weight is 712 g/mol. The minimum absolute atomic E-state index is 0.00364. The number of carbonyl (C=O) groups excluding carboxylic acids is 2. The fourth-order valence-electron chi connectivity index (χ4n) is 5.50. The molecule has 0 radical (unpaired) electrons. The topological polar surface area (TPSA) is 211 Å². The first kappa shape index (κ1) is 36.8. The number of imidazole rings is 1. The zero-order chi connectivity index (χ0) is 36.1. The van der Waals surface area contributed by atoms with E-state index in [1.165, 1.54) is 21.0 Å². The molecule has 1 aliphatic heterocycles. The zero-order valence-corrected chi connectivity index (χ0v) is 29.3. The van der Waals surface area contributed by atoms with E-state index in [0.29, 0.717) is 17.0 Å². The van der Waals surface area contributed by atoms with Gasteiger partial charge in [-0.15, -0.1) is 0 Å². The SMILES string of the molecule is COc1nc(N)nc2c1nc(C)n2C1OC(COP(=O)(NC(C)C(=O)OCc2ccccc2)NC(C)C(=O)OCc2ccccc2)CC1(C)O. The Kier molecular flexibility index (Phi) is 11.5. The maximum absolute atomic E-state index is 14.3. The molecule has 5 atom stereocenters. The monoisotopic (exact) mass is 711 g/mol. The Balaban J connectivity index is 1.30. The molecule has 5 unspecified atom stereocenters. The van der Waals surface area contributed by atoms with Gasteiger partial charge >= 0.3 is 19.6 Å². The van der Waals surface area contributed by atoms with Gasteiger partial charge in [-0.25, -0.2) is 15.2 Å². The molecular weight excluding hydrogens is 669 g/mol. The maximum Gasteiger partial charge on any atom is 0.342 e. The molecule has 4 aromatic rings. The van der Waals surface area contributed by atoms with E-state index in [1.54, 1.807) is 42.7 Å². The van der Waals surface area contributed by atoms with Crippen molar-refractivity contribution in [2.24, 2.45) is 0 Å². The number of carbonyl (C=O) groups is 2.